The van der Waals surface area contributed by atoms with Gasteiger partial charge in [0.1, 0.15) is 5.78 Å². The number of nitrogens with zero attached hydrogens (tertiary/aromatic N) is 2. The van der Waals surface area contributed by atoms with Crippen LogP contribution in [-0.4, -0.2) is 27.5 Å². The summed E-state index contributed by atoms with van der Waals surface area (Å²) in [5, 5.41) is 8.64. The van der Waals surface area contributed by atoms with E-state index in [0.717, 1.165) is 19.3 Å². The second kappa shape index (κ2) is 7.06. The summed E-state index contributed by atoms with van der Waals surface area (Å²) in [6.07, 6.45) is 10.3. The summed E-state index contributed by atoms with van der Waals surface area (Å²) < 4.78 is 0. The first-order valence-corrected chi connectivity index (χ1v) is 5.18. The standard InChI is InChI=1S/C7H12O2.C4H4N2/c8-5-6-3-1-2-4-7(6)9;1-2-6-4-3-5-1/h6,8H,1-5H2;1-4H. The number of Topliss-reactive ketones (excluding diaryl/α,β-unsaturated/α-hetero) is 1. The molecule has 1 aliphatic rings. The van der Waals surface area contributed by atoms with Crippen molar-refractivity contribution in [2.75, 3.05) is 6.61 Å². The minimum Gasteiger partial charge on any atom is -0.396 e. The van der Waals surface area contributed by atoms with Crippen molar-refractivity contribution in [2.24, 2.45) is 5.92 Å². The van der Waals surface area contributed by atoms with Crippen LogP contribution >= 0.6 is 0 Å². The van der Waals surface area contributed by atoms with Gasteiger partial charge in [0.15, 0.2) is 0 Å². The molecule has 1 atom stereocenters. The maximum absolute atomic E-state index is 10.9. The molecule has 1 saturated carbocycles. The number of carbonyl (C=O) groups excluding carboxylic acids is 1. The maximum atomic E-state index is 10.9. The van der Waals surface area contributed by atoms with Crippen LogP contribution in [0.2, 0.25) is 0 Å². The van der Waals surface area contributed by atoms with Crippen molar-refractivity contribution in [3.8, 4) is 0 Å². The Morgan fingerprint density at radius 1 is 1.20 bits per heavy atom. The average molecular weight is 208 g/mol. The van der Waals surface area contributed by atoms with Crippen LogP contribution in [0, 0.1) is 5.92 Å². The topological polar surface area (TPSA) is 63.1 Å². The van der Waals surface area contributed by atoms with E-state index >= 15 is 0 Å². The fourth-order valence-corrected chi connectivity index (χ4v) is 1.50. The van der Waals surface area contributed by atoms with Gasteiger partial charge in [0, 0.05) is 37.1 Å². The Labute approximate surface area is 89.4 Å². The summed E-state index contributed by atoms with van der Waals surface area (Å²) in [5.74, 6) is 0.225. The highest BCUT2D eigenvalue weighted by atomic mass is 16.3. The van der Waals surface area contributed by atoms with Gasteiger partial charge in [-0.1, -0.05) is 6.42 Å². The first kappa shape index (κ1) is 11.8. The largest absolute Gasteiger partial charge is 0.396 e. The van der Waals surface area contributed by atoms with E-state index in [-0.39, 0.29) is 18.3 Å². The molecule has 4 heteroatoms. The molecule has 1 N–H and O–H groups in total. The van der Waals surface area contributed by atoms with Gasteiger partial charge in [0.05, 0.1) is 6.61 Å². The van der Waals surface area contributed by atoms with Gasteiger partial charge in [-0.3, -0.25) is 14.8 Å². The second-order valence-corrected chi connectivity index (χ2v) is 3.49. The summed E-state index contributed by atoms with van der Waals surface area (Å²) in [6, 6.07) is 0. The quantitative estimate of drug-likeness (QED) is 0.753. The van der Waals surface area contributed by atoms with Crippen molar-refractivity contribution in [1.29, 1.82) is 0 Å². The van der Waals surface area contributed by atoms with E-state index in [1.165, 1.54) is 0 Å². The Morgan fingerprint density at radius 3 is 2.13 bits per heavy atom. The monoisotopic (exact) mass is 208 g/mol. The Kier molecular flexibility index (Phi) is 5.55. The van der Waals surface area contributed by atoms with E-state index in [2.05, 4.69) is 9.97 Å². The molecule has 0 aromatic carbocycles. The van der Waals surface area contributed by atoms with Crippen LogP contribution in [-0.2, 0) is 4.79 Å². The van der Waals surface area contributed by atoms with Crippen molar-refractivity contribution in [2.45, 2.75) is 25.7 Å². The Morgan fingerprint density at radius 2 is 1.80 bits per heavy atom. The zero-order valence-electron chi connectivity index (χ0n) is 8.67. The number of aromatic nitrogens is 2. The summed E-state index contributed by atoms with van der Waals surface area (Å²) in [6.45, 7) is 0.0544. The molecule has 1 fully saturated rings. The molecule has 1 aliphatic carbocycles. The molecule has 1 aromatic rings. The molecule has 0 bridgehead atoms. The van der Waals surface area contributed by atoms with E-state index in [1.54, 1.807) is 24.8 Å². The van der Waals surface area contributed by atoms with Gasteiger partial charge in [-0.2, -0.15) is 0 Å². The first-order valence-electron chi connectivity index (χ1n) is 5.18. The van der Waals surface area contributed by atoms with Gasteiger partial charge < -0.3 is 5.11 Å². The summed E-state index contributed by atoms with van der Waals surface area (Å²) in [5.41, 5.74) is 0. The van der Waals surface area contributed by atoms with Gasteiger partial charge in [-0.05, 0) is 12.8 Å². The Hall–Kier alpha value is -1.29. The van der Waals surface area contributed by atoms with Crippen molar-refractivity contribution in [1.82, 2.24) is 9.97 Å². The van der Waals surface area contributed by atoms with Gasteiger partial charge >= 0.3 is 0 Å². The van der Waals surface area contributed by atoms with E-state index in [4.69, 9.17) is 5.11 Å². The Balaban J connectivity index is 0.000000162. The average Bonchev–Trinajstić information content (AvgIpc) is 2.33. The number of ketones is 1. The lowest BCUT2D eigenvalue weighted by molar-refractivity contribution is -0.125. The number of carbonyl (C=O) groups is 1. The van der Waals surface area contributed by atoms with Crippen LogP contribution in [0.3, 0.4) is 0 Å². The molecule has 0 amide bonds. The van der Waals surface area contributed by atoms with E-state index in [0.29, 0.717) is 6.42 Å². The lowest BCUT2D eigenvalue weighted by Crippen LogP contribution is -2.21. The van der Waals surface area contributed by atoms with Crippen LogP contribution in [0.15, 0.2) is 24.8 Å². The van der Waals surface area contributed by atoms with Gasteiger partial charge in [0.2, 0.25) is 0 Å². The molecular formula is C11H16N2O2. The van der Waals surface area contributed by atoms with Crippen LogP contribution in [0.25, 0.3) is 0 Å². The zero-order valence-corrected chi connectivity index (χ0v) is 8.67. The predicted molar refractivity (Wildman–Crippen MR) is 56.1 cm³/mol. The molecule has 1 unspecified atom stereocenters. The van der Waals surface area contributed by atoms with E-state index < -0.39 is 0 Å². The van der Waals surface area contributed by atoms with Crippen LogP contribution in [0.4, 0.5) is 0 Å². The van der Waals surface area contributed by atoms with Crippen molar-refractivity contribution < 1.29 is 9.90 Å². The van der Waals surface area contributed by atoms with Crippen LogP contribution in [0.1, 0.15) is 25.7 Å². The summed E-state index contributed by atoms with van der Waals surface area (Å²) in [7, 11) is 0. The maximum Gasteiger partial charge on any atom is 0.138 e. The molecule has 0 radical (unpaired) electrons. The number of aliphatic hydroxyl groups excluding tert-OH is 1. The fraction of sp³-hybridized carbons (Fsp3) is 0.545. The predicted octanol–water partition coefficient (Wildman–Crippen LogP) is 1.21. The minimum absolute atomic E-state index is 0.0289. The third-order valence-electron chi connectivity index (χ3n) is 2.38. The molecule has 2 rings (SSSR count). The fourth-order valence-electron chi connectivity index (χ4n) is 1.50. The van der Waals surface area contributed by atoms with Crippen LogP contribution in [0.5, 0.6) is 0 Å². The van der Waals surface area contributed by atoms with Gasteiger partial charge in [0.25, 0.3) is 0 Å². The van der Waals surface area contributed by atoms with Crippen LogP contribution < -0.4 is 0 Å². The van der Waals surface area contributed by atoms with E-state index in [9.17, 15) is 4.79 Å². The van der Waals surface area contributed by atoms with E-state index in [1.807, 2.05) is 0 Å². The minimum atomic E-state index is -0.0289. The number of hydrogen-bond donors (Lipinski definition) is 1. The molecule has 1 aromatic heterocycles. The lowest BCUT2D eigenvalue weighted by atomic mass is 9.89. The number of aliphatic hydroxyl groups is 1. The van der Waals surface area contributed by atoms with Crippen molar-refractivity contribution in [3.63, 3.8) is 0 Å². The molecular weight excluding hydrogens is 192 g/mol. The Bertz CT molecular complexity index is 250. The molecule has 0 spiro atoms. The molecule has 0 saturated heterocycles. The molecule has 15 heavy (non-hydrogen) atoms. The van der Waals surface area contributed by atoms with Gasteiger partial charge in [-0.25, -0.2) is 0 Å². The normalized spacial score (nSPS) is 20.3. The third-order valence-corrected chi connectivity index (χ3v) is 2.38. The lowest BCUT2D eigenvalue weighted by Gasteiger charge is -2.17. The highest BCUT2D eigenvalue weighted by Crippen LogP contribution is 2.19. The SMILES string of the molecule is O=C1CCCCC1CO.c1cnccn1. The third kappa shape index (κ3) is 4.65. The first-order chi connectivity index (χ1) is 7.34. The summed E-state index contributed by atoms with van der Waals surface area (Å²) >= 11 is 0. The molecule has 82 valence electrons. The van der Waals surface area contributed by atoms with Gasteiger partial charge in [-0.15, -0.1) is 0 Å². The second-order valence-electron chi connectivity index (χ2n) is 3.49. The smallest absolute Gasteiger partial charge is 0.138 e. The zero-order chi connectivity index (χ0) is 10.9. The highest BCUT2D eigenvalue weighted by Gasteiger charge is 2.20. The van der Waals surface area contributed by atoms with Crippen molar-refractivity contribution in [3.05, 3.63) is 24.8 Å². The van der Waals surface area contributed by atoms with Crippen molar-refractivity contribution >= 4 is 5.78 Å². The molecule has 4 nitrogen and oxygen atoms in total. The highest BCUT2D eigenvalue weighted by molar-refractivity contribution is 5.81. The number of rotatable bonds is 1. The molecule has 0 aliphatic heterocycles. The molecule has 1 heterocycles. The number of hydrogen-bond acceptors (Lipinski definition) is 4. The summed E-state index contributed by atoms with van der Waals surface area (Å²) in [4.78, 5) is 18.3.